The van der Waals surface area contributed by atoms with E-state index in [9.17, 15) is 4.79 Å². The average Bonchev–Trinajstić information content (AvgIpc) is 3.30. The van der Waals surface area contributed by atoms with Crippen molar-refractivity contribution < 1.29 is 9.53 Å². The molecule has 6 nitrogen and oxygen atoms in total. The molecule has 1 amide bonds. The molecule has 0 aliphatic heterocycles. The van der Waals surface area contributed by atoms with Crippen molar-refractivity contribution in [1.82, 2.24) is 15.0 Å². The highest BCUT2D eigenvalue weighted by Crippen LogP contribution is 2.29. The molecule has 3 heterocycles. The van der Waals surface area contributed by atoms with Crippen LogP contribution in [0.15, 0.2) is 54.2 Å². The van der Waals surface area contributed by atoms with Gasteiger partial charge >= 0.3 is 0 Å². The lowest BCUT2D eigenvalue weighted by atomic mass is 10.1. The number of H-pyrrole nitrogens is 1. The molecule has 0 atom stereocenters. The molecular formula is C19H16N4O2S. The second-order valence-electron chi connectivity index (χ2n) is 5.71. The van der Waals surface area contributed by atoms with Gasteiger partial charge in [-0.15, -0.1) is 11.3 Å². The summed E-state index contributed by atoms with van der Waals surface area (Å²) in [6, 6.07) is 11.4. The Kier molecular flexibility index (Phi) is 4.37. The summed E-state index contributed by atoms with van der Waals surface area (Å²) < 4.78 is 5.19. The molecule has 0 aliphatic rings. The zero-order chi connectivity index (χ0) is 17.9. The summed E-state index contributed by atoms with van der Waals surface area (Å²) in [6.07, 6.45) is 3.86. The third kappa shape index (κ3) is 3.29. The fourth-order valence-electron chi connectivity index (χ4n) is 2.77. The minimum absolute atomic E-state index is 0.110. The zero-order valence-electron chi connectivity index (χ0n) is 14.0. The van der Waals surface area contributed by atoms with Crippen LogP contribution in [0.5, 0.6) is 5.75 Å². The predicted octanol–water partition coefficient (Wildman–Crippen LogP) is 3.88. The van der Waals surface area contributed by atoms with E-state index in [4.69, 9.17) is 4.74 Å². The van der Waals surface area contributed by atoms with E-state index in [0.29, 0.717) is 5.13 Å². The number of hydrogen-bond acceptors (Lipinski definition) is 5. The quantitative estimate of drug-likeness (QED) is 0.563. The summed E-state index contributed by atoms with van der Waals surface area (Å²) in [5, 5.41) is 6.38. The van der Waals surface area contributed by atoms with Crippen molar-refractivity contribution in [3.8, 4) is 17.0 Å². The molecule has 0 saturated heterocycles. The van der Waals surface area contributed by atoms with Crippen LogP contribution in [-0.4, -0.2) is 28.0 Å². The van der Waals surface area contributed by atoms with E-state index in [1.807, 2.05) is 48.0 Å². The molecule has 0 unspecified atom stereocenters. The van der Waals surface area contributed by atoms with Crippen LogP contribution in [0.25, 0.3) is 22.3 Å². The van der Waals surface area contributed by atoms with Crippen molar-refractivity contribution >= 4 is 33.4 Å². The normalized spacial score (nSPS) is 10.8. The number of methoxy groups -OCH3 is 1. The van der Waals surface area contributed by atoms with E-state index in [2.05, 4.69) is 20.3 Å². The van der Waals surface area contributed by atoms with Crippen LogP contribution in [0.2, 0.25) is 0 Å². The van der Waals surface area contributed by atoms with Crippen LogP contribution in [0.1, 0.15) is 5.56 Å². The number of anilines is 1. The van der Waals surface area contributed by atoms with Gasteiger partial charge in [-0.2, -0.15) is 0 Å². The topological polar surface area (TPSA) is 79.9 Å². The van der Waals surface area contributed by atoms with Gasteiger partial charge in [-0.3, -0.25) is 4.79 Å². The summed E-state index contributed by atoms with van der Waals surface area (Å²) in [5.74, 6) is 0.626. The number of nitrogens with zero attached hydrogens (tertiary/aromatic N) is 2. The molecule has 0 saturated carbocycles. The number of fused-ring (bicyclic) bond motifs is 1. The van der Waals surface area contributed by atoms with Crippen LogP contribution in [0.3, 0.4) is 0 Å². The van der Waals surface area contributed by atoms with Gasteiger partial charge < -0.3 is 15.0 Å². The second-order valence-corrected chi connectivity index (χ2v) is 6.57. The number of carbonyl (C=O) groups excluding carboxylic acids is 1. The number of ether oxygens (including phenoxy) is 1. The van der Waals surface area contributed by atoms with Gasteiger partial charge in [0.05, 0.1) is 19.2 Å². The number of hydrogen-bond donors (Lipinski definition) is 2. The van der Waals surface area contributed by atoms with Crippen molar-refractivity contribution in [2.75, 3.05) is 12.4 Å². The Morgan fingerprint density at radius 3 is 3.12 bits per heavy atom. The molecule has 0 fully saturated rings. The summed E-state index contributed by atoms with van der Waals surface area (Å²) in [5.41, 5.74) is 3.51. The number of carbonyl (C=O) groups is 1. The molecule has 0 aliphatic carbocycles. The first-order valence-corrected chi connectivity index (χ1v) is 8.91. The van der Waals surface area contributed by atoms with Crippen molar-refractivity contribution in [2.45, 2.75) is 6.42 Å². The Bertz CT molecular complexity index is 1070. The number of nitrogens with one attached hydrogen (secondary N) is 2. The van der Waals surface area contributed by atoms with E-state index < -0.39 is 0 Å². The van der Waals surface area contributed by atoms with Gasteiger partial charge in [0.15, 0.2) is 5.13 Å². The Morgan fingerprint density at radius 1 is 1.31 bits per heavy atom. The highest BCUT2D eigenvalue weighted by Gasteiger charge is 2.12. The fraction of sp³-hybridized carbons (Fsp3) is 0.105. The van der Waals surface area contributed by atoms with Gasteiger partial charge in [-0.25, -0.2) is 9.97 Å². The maximum Gasteiger partial charge on any atom is 0.230 e. The zero-order valence-corrected chi connectivity index (χ0v) is 14.8. The molecule has 130 valence electrons. The molecule has 3 aromatic heterocycles. The molecule has 1 aromatic carbocycles. The summed E-state index contributed by atoms with van der Waals surface area (Å²) in [7, 11) is 1.61. The van der Waals surface area contributed by atoms with Gasteiger partial charge in [-0.05, 0) is 29.8 Å². The highest BCUT2D eigenvalue weighted by molar-refractivity contribution is 7.14. The highest BCUT2D eigenvalue weighted by atomic mass is 32.1. The minimum atomic E-state index is -0.110. The fourth-order valence-corrected chi connectivity index (χ4v) is 3.50. The molecule has 0 radical (unpaired) electrons. The molecule has 7 heteroatoms. The van der Waals surface area contributed by atoms with Gasteiger partial charge in [0.1, 0.15) is 11.4 Å². The number of aromatic nitrogens is 3. The van der Waals surface area contributed by atoms with E-state index in [0.717, 1.165) is 33.6 Å². The SMILES string of the molecule is COc1cccc(CC(=O)Nc2nc(-c3ccnc4[nH]ccc34)cs2)c1. The van der Waals surface area contributed by atoms with Crippen molar-refractivity contribution in [3.05, 3.63) is 59.7 Å². The Morgan fingerprint density at radius 2 is 2.23 bits per heavy atom. The number of benzene rings is 1. The second kappa shape index (κ2) is 6.97. The third-order valence-electron chi connectivity index (χ3n) is 3.99. The standard InChI is InChI=1S/C19H16N4O2S/c1-25-13-4-2-3-12(9-13)10-17(24)23-19-22-16(11-26-19)14-5-7-20-18-15(14)6-8-21-18/h2-9,11H,10H2,1H3,(H,20,21)(H,22,23,24). The maximum absolute atomic E-state index is 12.3. The number of amides is 1. The van der Waals surface area contributed by atoms with Gasteiger partial charge in [-0.1, -0.05) is 12.1 Å². The first kappa shape index (κ1) is 16.3. The minimum Gasteiger partial charge on any atom is -0.497 e. The number of rotatable bonds is 5. The van der Waals surface area contributed by atoms with Gasteiger partial charge in [0.2, 0.25) is 5.91 Å². The van der Waals surface area contributed by atoms with Crippen LogP contribution < -0.4 is 10.1 Å². The molecular weight excluding hydrogens is 348 g/mol. The lowest BCUT2D eigenvalue weighted by Crippen LogP contribution is -2.14. The van der Waals surface area contributed by atoms with Gasteiger partial charge in [0.25, 0.3) is 0 Å². The first-order valence-electron chi connectivity index (χ1n) is 8.04. The molecule has 4 rings (SSSR count). The van der Waals surface area contributed by atoms with Crippen LogP contribution in [0.4, 0.5) is 5.13 Å². The average molecular weight is 364 g/mol. The molecule has 4 aromatic rings. The van der Waals surface area contributed by atoms with E-state index in [1.165, 1.54) is 11.3 Å². The number of aromatic amines is 1. The largest absolute Gasteiger partial charge is 0.497 e. The Balaban J connectivity index is 1.49. The molecule has 0 spiro atoms. The van der Waals surface area contributed by atoms with Crippen LogP contribution in [0, 0.1) is 0 Å². The van der Waals surface area contributed by atoms with Gasteiger partial charge in [0, 0.05) is 28.7 Å². The van der Waals surface area contributed by atoms with Crippen LogP contribution >= 0.6 is 11.3 Å². The van der Waals surface area contributed by atoms with Crippen molar-refractivity contribution in [1.29, 1.82) is 0 Å². The number of pyridine rings is 1. The summed E-state index contributed by atoms with van der Waals surface area (Å²) in [4.78, 5) is 24.2. The van der Waals surface area contributed by atoms with Crippen molar-refractivity contribution in [3.63, 3.8) is 0 Å². The van der Waals surface area contributed by atoms with Crippen LogP contribution in [-0.2, 0) is 11.2 Å². The third-order valence-corrected chi connectivity index (χ3v) is 4.74. The molecule has 26 heavy (non-hydrogen) atoms. The Labute approximate surface area is 153 Å². The summed E-state index contributed by atoms with van der Waals surface area (Å²) in [6.45, 7) is 0. The maximum atomic E-state index is 12.3. The van der Waals surface area contributed by atoms with E-state index in [1.54, 1.807) is 13.3 Å². The van der Waals surface area contributed by atoms with E-state index >= 15 is 0 Å². The molecule has 2 N–H and O–H groups in total. The lowest BCUT2D eigenvalue weighted by Gasteiger charge is -2.04. The Hall–Kier alpha value is -3.19. The van der Waals surface area contributed by atoms with Crippen molar-refractivity contribution in [2.24, 2.45) is 0 Å². The predicted molar refractivity (Wildman–Crippen MR) is 103 cm³/mol. The number of thiazole rings is 1. The lowest BCUT2D eigenvalue weighted by molar-refractivity contribution is -0.115. The monoisotopic (exact) mass is 364 g/mol. The molecule has 0 bridgehead atoms. The summed E-state index contributed by atoms with van der Waals surface area (Å²) >= 11 is 1.40. The first-order chi connectivity index (χ1) is 12.7. The van der Waals surface area contributed by atoms with E-state index in [-0.39, 0.29) is 12.3 Å². The smallest absolute Gasteiger partial charge is 0.230 e.